The van der Waals surface area contributed by atoms with E-state index in [1.54, 1.807) is 0 Å². The molecular weight excluding hydrogens is 336 g/mol. The van der Waals surface area contributed by atoms with E-state index < -0.39 is 0 Å². The summed E-state index contributed by atoms with van der Waals surface area (Å²) >= 11 is 0. The second-order valence-corrected chi connectivity index (χ2v) is 6.43. The molecule has 0 atom stereocenters. The van der Waals surface area contributed by atoms with Gasteiger partial charge in [0, 0.05) is 30.4 Å². The summed E-state index contributed by atoms with van der Waals surface area (Å²) < 4.78 is 6.07. The Hall–Kier alpha value is -3.27. The zero-order chi connectivity index (χ0) is 19.1. The van der Waals surface area contributed by atoms with E-state index in [0.29, 0.717) is 13.2 Å². The van der Waals surface area contributed by atoms with Gasteiger partial charge in [-0.3, -0.25) is 4.79 Å². The summed E-state index contributed by atoms with van der Waals surface area (Å²) in [7, 11) is 0. The van der Waals surface area contributed by atoms with Gasteiger partial charge in [-0.05, 0) is 48.4 Å². The number of benzene rings is 3. The molecule has 0 fully saturated rings. The quantitative estimate of drug-likeness (QED) is 0.613. The van der Waals surface area contributed by atoms with Crippen LogP contribution in [0.1, 0.15) is 23.6 Å². The molecule has 4 heteroatoms. The highest BCUT2D eigenvalue weighted by molar-refractivity contribution is 5.88. The van der Waals surface area contributed by atoms with E-state index in [1.807, 2.05) is 54.6 Å². The van der Waals surface area contributed by atoms with Crippen molar-refractivity contribution in [2.75, 3.05) is 10.6 Å². The van der Waals surface area contributed by atoms with Gasteiger partial charge in [-0.1, -0.05) is 42.5 Å². The molecule has 0 bridgehead atoms. The predicted octanol–water partition coefficient (Wildman–Crippen LogP) is 5.14. The molecule has 0 aliphatic carbocycles. The Kier molecular flexibility index (Phi) is 6.10. The maximum absolute atomic E-state index is 11.1. The predicted molar refractivity (Wildman–Crippen MR) is 110 cm³/mol. The zero-order valence-electron chi connectivity index (χ0n) is 15.7. The molecule has 3 rings (SSSR count). The highest BCUT2D eigenvalue weighted by atomic mass is 16.5. The molecule has 0 aliphatic heterocycles. The molecule has 4 nitrogen and oxygen atoms in total. The molecule has 0 aliphatic rings. The number of anilines is 2. The third-order valence-corrected chi connectivity index (χ3v) is 4.31. The van der Waals surface area contributed by atoms with Crippen molar-refractivity contribution in [2.45, 2.75) is 27.0 Å². The van der Waals surface area contributed by atoms with Crippen LogP contribution in [-0.4, -0.2) is 5.91 Å². The molecule has 0 radical (unpaired) electrons. The molecule has 0 heterocycles. The number of aryl methyl sites for hydroxylation is 1. The number of para-hydroxylation sites is 1. The van der Waals surface area contributed by atoms with Crippen LogP contribution in [0, 0.1) is 6.92 Å². The van der Waals surface area contributed by atoms with Gasteiger partial charge in [-0.15, -0.1) is 0 Å². The molecule has 3 aromatic carbocycles. The summed E-state index contributed by atoms with van der Waals surface area (Å²) in [6, 6.07) is 24.0. The van der Waals surface area contributed by atoms with E-state index in [0.717, 1.165) is 22.7 Å². The maximum Gasteiger partial charge on any atom is 0.221 e. The fourth-order valence-corrected chi connectivity index (χ4v) is 2.79. The van der Waals surface area contributed by atoms with Crippen LogP contribution in [0.15, 0.2) is 72.8 Å². The SMILES string of the molecule is CC(=O)Nc1ccc(NCc2ccccc2OCc2ccccc2C)cc1. The van der Waals surface area contributed by atoms with Crippen molar-refractivity contribution >= 4 is 17.3 Å². The molecule has 0 saturated heterocycles. The van der Waals surface area contributed by atoms with Crippen LogP contribution in [0.3, 0.4) is 0 Å². The molecule has 0 spiro atoms. The standard InChI is InChI=1S/C23H24N2O2/c1-17-7-3-4-9-20(17)16-27-23-10-6-5-8-19(23)15-24-21-11-13-22(14-12-21)25-18(2)26/h3-14,24H,15-16H2,1-2H3,(H,25,26). The molecular formula is C23H24N2O2. The van der Waals surface area contributed by atoms with E-state index in [4.69, 9.17) is 4.74 Å². The lowest BCUT2D eigenvalue weighted by atomic mass is 10.1. The summed E-state index contributed by atoms with van der Waals surface area (Å²) in [6.07, 6.45) is 0. The lowest BCUT2D eigenvalue weighted by molar-refractivity contribution is -0.114. The highest BCUT2D eigenvalue weighted by Crippen LogP contribution is 2.22. The van der Waals surface area contributed by atoms with Crippen LogP contribution in [0.2, 0.25) is 0 Å². The lowest BCUT2D eigenvalue weighted by Crippen LogP contribution is -2.06. The number of amides is 1. The normalized spacial score (nSPS) is 10.3. The number of rotatable bonds is 7. The first kappa shape index (κ1) is 18.5. The topological polar surface area (TPSA) is 50.4 Å². The number of ether oxygens (including phenoxy) is 1. The maximum atomic E-state index is 11.1. The average molecular weight is 360 g/mol. The summed E-state index contributed by atoms with van der Waals surface area (Å²) in [4.78, 5) is 11.1. The number of carbonyl (C=O) groups excluding carboxylic acids is 1. The van der Waals surface area contributed by atoms with Crippen molar-refractivity contribution in [1.29, 1.82) is 0 Å². The Morgan fingerprint density at radius 2 is 1.48 bits per heavy atom. The van der Waals surface area contributed by atoms with Crippen molar-refractivity contribution < 1.29 is 9.53 Å². The van der Waals surface area contributed by atoms with Gasteiger partial charge in [0.05, 0.1) is 0 Å². The van der Waals surface area contributed by atoms with Crippen LogP contribution in [0.5, 0.6) is 5.75 Å². The summed E-state index contributed by atoms with van der Waals surface area (Å²) in [6.45, 7) is 4.80. The molecule has 0 aromatic heterocycles. The van der Waals surface area contributed by atoms with Crippen LogP contribution in [0.25, 0.3) is 0 Å². The van der Waals surface area contributed by atoms with Gasteiger partial charge in [0.1, 0.15) is 12.4 Å². The number of hydrogen-bond donors (Lipinski definition) is 2. The minimum Gasteiger partial charge on any atom is -0.489 e. The first-order chi connectivity index (χ1) is 13.1. The third kappa shape index (κ3) is 5.35. The van der Waals surface area contributed by atoms with E-state index in [9.17, 15) is 4.79 Å². The minimum atomic E-state index is -0.0737. The molecule has 3 aromatic rings. The van der Waals surface area contributed by atoms with Crippen molar-refractivity contribution in [3.05, 3.63) is 89.5 Å². The van der Waals surface area contributed by atoms with Gasteiger partial charge in [0.15, 0.2) is 0 Å². The molecule has 1 amide bonds. The van der Waals surface area contributed by atoms with Crippen molar-refractivity contribution in [1.82, 2.24) is 0 Å². The number of nitrogens with one attached hydrogen (secondary N) is 2. The molecule has 0 saturated carbocycles. The number of hydrogen-bond acceptors (Lipinski definition) is 3. The number of carbonyl (C=O) groups is 1. The minimum absolute atomic E-state index is 0.0737. The van der Waals surface area contributed by atoms with E-state index in [2.05, 4.69) is 35.8 Å². The Balaban J connectivity index is 1.62. The smallest absolute Gasteiger partial charge is 0.221 e. The summed E-state index contributed by atoms with van der Waals surface area (Å²) in [5.41, 5.74) is 5.28. The average Bonchev–Trinajstić information content (AvgIpc) is 2.67. The summed E-state index contributed by atoms with van der Waals surface area (Å²) in [5.74, 6) is 0.804. The second kappa shape index (κ2) is 8.90. The highest BCUT2D eigenvalue weighted by Gasteiger charge is 2.05. The van der Waals surface area contributed by atoms with Gasteiger partial charge >= 0.3 is 0 Å². The molecule has 27 heavy (non-hydrogen) atoms. The van der Waals surface area contributed by atoms with E-state index >= 15 is 0 Å². The first-order valence-corrected chi connectivity index (χ1v) is 8.98. The molecule has 0 unspecified atom stereocenters. The zero-order valence-corrected chi connectivity index (χ0v) is 15.7. The van der Waals surface area contributed by atoms with Crippen LogP contribution < -0.4 is 15.4 Å². The van der Waals surface area contributed by atoms with Gasteiger partial charge in [0.2, 0.25) is 5.91 Å². The van der Waals surface area contributed by atoms with Crippen molar-refractivity contribution in [3.63, 3.8) is 0 Å². The van der Waals surface area contributed by atoms with E-state index in [1.165, 1.54) is 18.1 Å². The van der Waals surface area contributed by atoms with E-state index in [-0.39, 0.29) is 5.91 Å². The Morgan fingerprint density at radius 3 is 2.19 bits per heavy atom. The Bertz CT molecular complexity index is 904. The third-order valence-electron chi connectivity index (χ3n) is 4.31. The Labute approximate surface area is 160 Å². The largest absolute Gasteiger partial charge is 0.489 e. The summed E-state index contributed by atoms with van der Waals surface area (Å²) in [5, 5.41) is 6.16. The van der Waals surface area contributed by atoms with Crippen molar-refractivity contribution in [3.8, 4) is 5.75 Å². The first-order valence-electron chi connectivity index (χ1n) is 8.98. The van der Waals surface area contributed by atoms with Crippen LogP contribution >= 0.6 is 0 Å². The van der Waals surface area contributed by atoms with Crippen molar-refractivity contribution in [2.24, 2.45) is 0 Å². The lowest BCUT2D eigenvalue weighted by Gasteiger charge is -2.14. The van der Waals surface area contributed by atoms with Gasteiger partial charge in [-0.25, -0.2) is 0 Å². The second-order valence-electron chi connectivity index (χ2n) is 6.43. The monoisotopic (exact) mass is 360 g/mol. The Morgan fingerprint density at radius 1 is 0.852 bits per heavy atom. The van der Waals surface area contributed by atoms with Crippen LogP contribution in [0.4, 0.5) is 11.4 Å². The van der Waals surface area contributed by atoms with Crippen LogP contribution in [-0.2, 0) is 17.9 Å². The van der Waals surface area contributed by atoms with Gasteiger partial charge in [-0.2, -0.15) is 0 Å². The molecule has 138 valence electrons. The fourth-order valence-electron chi connectivity index (χ4n) is 2.79. The molecule has 2 N–H and O–H groups in total. The van der Waals surface area contributed by atoms with Gasteiger partial charge in [0.25, 0.3) is 0 Å². The van der Waals surface area contributed by atoms with Gasteiger partial charge < -0.3 is 15.4 Å². The fraction of sp³-hybridized carbons (Fsp3) is 0.174.